The predicted molar refractivity (Wildman–Crippen MR) is 98.2 cm³/mol. The molecule has 1 N–H and O–H groups in total. The van der Waals surface area contributed by atoms with E-state index < -0.39 is 5.97 Å². The van der Waals surface area contributed by atoms with Crippen molar-refractivity contribution < 1.29 is 9.90 Å². The van der Waals surface area contributed by atoms with Crippen LogP contribution in [0.3, 0.4) is 0 Å². The molecule has 0 atom stereocenters. The number of para-hydroxylation sites is 3. The highest BCUT2D eigenvalue weighted by Gasteiger charge is 2.23. The molecule has 0 saturated carbocycles. The molecule has 0 aliphatic carbocycles. The lowest BCUT2D eigenvalue weighted by Crippen LogP contribution is -2.47. The Morgan fingerprint density at radius 2 is 1.56 bits per heavy atom. The zero-order valence-corrected chi connectivity index (χ0v) is 13.9. The van der Waals surface area contributed by atoms with Crippen molar-refractivity contribution in [3.8, 4) is 0 Å². The molecule has 1 fully saturated rings. The Kier molecular flexibility index (Phi) is 4.01. The summed E-state index contributed by atoms with van der Waals surface area (Å²) >= 11 is 0. The van der Waals surface area contributed by atoms with Gasteiger partial charge in [0.05, 0.1) is 11.0 Å². The smallest absolute Gasteiger partial charge is 0.323 e. The van der Waals surface area contributed by atoms with E-state index in [9.17, 15) is 9.90 Å². The van der Waals surface area contributed by atoms with Gasteiger partial charge in [0, 0.05) is 31.9 Å². The lowest BCUT2D eigenvalue weighted by atomic mass is 10.2. The molecule has 0 radical (unpaired) electrons. The third-order valence-electron chi connectivity index (χ3n) is 4.61. The predicted octanol–water partition coefficient (Wildman–Crippen LogP) is 2.45. The summed E-state index contributed by atoms with van der Waals surface area (Å²) in [6, 6.07) is 18.1. The molecular formula is C19H20N4O2. The zero-order valence-electron chi connectivity index (χ0n) is 13.9. The molecule has 3 aromatic rings. The van der Waals surface area contributed by atoms with Gasteiger partial charge in [0.2, 0.25) is 5.95 Å². The summed E-state index contributed by atoms with van der Waals surface area (Å²) in [6.45, 7) is 3.34. The summed E-state index contributed by atoms with van der Waals surface area (Å²) < 4.78 is 1.80. The first-order valence-electron chi connectivity index (χ1n) is 8.44. The average Bonchev–Trinajstić information content (AvgIpc) is 3.01. The Morgan fingerprint density at radius 3 is 2.28 bits per heavy atom. The van der Waals surface area contributed by atoms with E-state index in [4.69, 9.17) is 4.98 Å². The maximum atomic E-state index is 11.3. The molecule has 1 aliphatic rings. The first-order valence-corrected chi connectivity index (χ1v) is 8.44. The van der Waals surface area contributed by atoms with Crippen LogP contribution in [-0.4, -0.2) is 46.8 Å². The molecule has 1 aromatic heterocycles. The van der Waals surface area contributed by atoms with Gasteiger partial charge in [0.25, 0.3) is 0 Å². The Balaban J connectivity index is 1.59. The van der Waals surface area contributed by atoms with Crippen LogP contribution in [0.2, 0.25) is 0 Å². The lowest BCUT2D eigenvalue weighted by molar-refractivity contribution is -0.137. The topological polar surface area (TPSA) is 61.6 Å². The molecule has 0 spiro atoms. The highest BCUT2D eigenvalue weighted by molar-refractivity contribution is 5.81. The highest BCUT2D eigenvalue weighted by atomic mass is 16.4. The van der Waals surface area contributed by atoms with E-state index in [0.717, 1.165) is 43.2 Å². The van der Waals surface area contributed by atoms with Gasteiger partial charge < -0.3 is 14.9 Å². The highest BCUT2D eigenvalue weighted by Crippen LogP contribution is 2.24. The van der Waals surface area contributed by atoms with E-state index in [1.807, 2.05) is 42.5 Å². The largest absolute Gasteiger partial charge is 0.480 e. The monoisotopic (exact) mass is 336 g/mol. The van der Waals surface area contributed by atoms with Gasteiger partial charge in [-0.3, -0.25) is 9.36 Å². The standard InChI is InChI=1S/C19H20N4O2/c24-18(25)14-23-17-9-5-4-8-16(17)20-19(23)22-12-10-21(11-13-22)15-6-2-1-3-7-15/h1-9H,10-14H2,(H,24,25). The van der Waals surface area contributed by atoms with Crippen LogP contribution in [0.1, 0.15) is 0 Å². The first kappa shape index (κ1) is 15.5. The van der Waals surface area contributed by atoms with Crippen molar-refractivity contribution in [3.63, 3.8) is 0 Å². The molecule has 6 heteroatoms. The second kappa shape index (κ2) is 6.47. The van der Waals surface area contributed by atoms with Crippen LogP contribution in [0, 0.1) is 0 Å². The lowest BCUT2D eigenvalue weighted by Gasteiger charge is -2.36. The quantitative estimate of drug-likeness (QED) is 0.793. The molecule has 0 amide bonds. The third-order valence-corrected chi connectivity index (χ3v) is 4.61. The molecule has 2 heterocycles. The number of imidazole rings is 1. The molecule has 0 unspecified atom stereocenters. The molecule has 4 rings (SSSR count). The fraction of sp³-hybridized carbons (Fsp3) is 0.263. The molecular weight excluding hydrogens is 316 g/mol. The summed E-state index contributed by atoms with van der Waals surface area (Å²) in [5.41, 5.74) is 2.93. The zero-order chi connectivity index (χ0) is 17.2. The summed E-state index contributed by atoms with van der Waals surface area (Å²) in [5.74, 6) is -0.108. The van der Waals surface area contributed by atoms with Crippen LogP contribution < -0.4 is 9.80 Å². The van der Waals surface area contributed by atoms with Crippen LogP contribution in [0.4, 0.5) is 11.6 Å². The number of rotatable bonds is 4. The second-order valence-corrected chi connectivity index (χ2v) is 6.19. The Bertz CT molecular complexity index is 883. The van der Waals surface area contributed by atoms with Gasteiger partial charge in [-0.2, -0.15) is 0 Å². The summed E-state index contributed by atoms with van der Waals surface area (Å²) in [5, 5.41) is 9.28. The van der Waals surface area contributed by atoms with E-state index in [1.54, 1.807) is 4.57 Å². The number of carbonyl (C=O) groups is 1. The number of carboxylic acid groups (broad SMARTS) is 1. The fourth-order valence-electron chi connectivity index (χ4n) is 3.40. The van der Waals surface area contributed by atoms with E-state index in [2.05, 4.69) is 21.9 Å². The number of aromatic nitrogens is 2. The van der Waals surface area contributed by atoms with Crippen molar-refractivity contribution in [1.82, 2.24) is 9.55 Å². The van der Waals surface area contributed by atoms with Gasteiger partial charge in [-0.1, -0.05) is 30.3 Å². The number of anilines is 2. The van der Waals surface area contributed by atoms with Crippen molar-refractivity contribution in [1.29, 1.82) is 0 Å². The van der Waals surface area contributed by atoms with Crippen LogP contribution >= 0.6 is 0 Å². The Morgan fingerprint density at radius 1 is 0.920 bits per heavy atom. The number of nitrogens with zero attached hydrogens (tertiary/aromatic N) is 4. The summed E-state index contributed by atoms with van der Waals surface area (Å²) in [6.07, 6.45) is 0. The van der Waals surface area contributed by atoms with Gasteiger partial charge in [-0.15, -0.1) is 0 Å². The second-order valence-electron chi connectivity index (χ2n) is 6.19. The van der Waals surface area contributed by atoms with Crippen LogP contribution in [0.15, 0.2) is 54.6 Å². The van der Waals surface area contributed by atoms with E-state index in [1.165, 1.54) is 5.69 Å². The minimum atomic E-state index is -0.854. The fourth-order valence-corrected chi connectivity index (χ4v) is 3.40. The number of hydrogen-bond donors (Lipinski definition) is 1. The normalized spacial score (nSPS) is 14.9. The molecule has 25 heavy (non-hydrogen) atoms. The number of piperazine rings is 1. The minimum Gasteiger partial charge on any atom is -0.480 e. The van der Waals surface area contributed by atoms with Crippen molar-refractivity contribution in [2.75, 3.05) is 36.0 Å². The van der Waals surface area contributed by atoms with Crippen LogP contribution in [0.25, 0.3) is 11.0 Å². The SMILES string of the molecule is O=C(O)Cn1c(N2CCN(c3ccccc3)CC2)nc2ccccc21. The Hall–Kier alpha value is -3.02. The minimum absolute atomic E-state index is 0.0747. The van der Waals surface area contributed by atoms with Crippen molar-refractivity contribution >= 4 is 28.6 Å². The number of aliphatic carboxylic acids is 1. The molecule has 1 saturated heterocycles. The molecule has 6 nitrogen and oxygen atoms in total. The number of carboxylic acids is 1. The molecule has 128 valence electrons. The summed E-state index contributed by atoms with van der Waals surface area (Å²) in [4.78, 5) is 20.5. The van der Waals surface area contributed by atoms with Gasteiger partial charge in [-0.25, -0.2) is 4.98 Å². The van der Waals surface area contributed by atoms with Gasteiger partial charge >= 0.3 is 5.97 Å². The van der Waals surface area contributed by atoms with E-state index >= 15 is 0 Å². The van der Waals surface area contributed by atoms with Crippen LogP contribution in [0.5, 0.6) is 0 Å². The molecule has 2 aromatic carbocycles. The maximum Gasteiger partial charge on any atom is 0.323 e. The van der Waals surface area contributed by atoms with Crippen LogP contribution in [-0.2, 0) is 11.3 Å². The number of fused-ring (bicyclic) bond motifs is 1. The average molecular weight is 336 g/mol. The number of hydrogen-bond acceptors (Lipinski definition) is 4. The third kappa shape index (κ3) is 3.03. The molecule has 1 aliphatic heterocycles. The van der Waals surface area contributed by atoms with Crippen molar-refractivity contribution in [3.05, 3.63) is 54.6 Å². The van der Waals surface area contributed by atoms with Gasteiger partial charge in [0.15, 0.2) is 0 Å². The van der Waals surface area contributed by atoms with Gasteiger partial charge in [0.1, 0.15) is 6.54 Å². The molecule has 0 bridgehead atoms. The summed E-state index contributed by atoms with van der Waals surface area (Å²) in [7, 11) is 0. The van der Waals surface area contributed by atoms with Gasteiger partial charge in [-0.05, 0) is 24.3 Å². The first-order chi connectivity index (χ1) is 12.2. The van der Waals surface area contributed by atoms with E-state index in [0.29, 0.717) is 0 Å². The van der Waals surface area contributed by atoms with Crippen molar-refractivity contribution in [2.24, 2.45) is 0 Å². The Labute approximate surface area is 145 Å². The maximum absolute atomic E-state index is 11.3. The van der Waals surface area contributed by atoms with Crippen molar-refractivity contribution in [2.45, 2.75) is 6.54 Å². The number of benzene rings is 2. The van der Waals surface area contributed by atoms with E-state index in [-0.39, 0.29) is 6.54 Å².